The Hall–Kier alpha value is -0.900. The summed E-state index contributed by atoms with van der Waals surface area (Å²) in [6.45, 7) is 9.44. The smallest absolute Gasteiger partial charge is 0.164 e. The summed E-state index contributed by atoms with van der Waals surface area (Å²) in [4.78, 5) is 4.26. The molecule has 0 saturated heterocycles. The molecule has 0 radical (unpaired) electrons. The van der Waals surface area contributed by atoms with Crippen molar-refractivity contribution in [2.45, 2.75) is 59.5 Å². The fourth-order valence-corrected chi connectivity index (χ4v) is 1.67. The molecule has 0 amide bonds. The minimum absolute atomic E-state index is 0.539. The number of H-pyrrole nitrogens is 1. The van der Waals surface area contributed by atoms with Crippen LogP contribution in [0, 0.1) is 12.8 Å². The number of nitrogens with zero attached hydrogens (tertiary/aromatic N) is 2. The SMILES string of the molecule is Cc1nc(CNC(C)CCCC(C)C)n[nH]1. The van der Waals surface area contributed by atoms with E-state index in [0.717, 1.165) is 24.1 Å². The number of hydrogen-bond acceptors (Lipinski definition) is 3. The number of nitrogens with one attached hydrogen (secondary N) is 2. The molecule has 0 aliphatic heterocycles. The molecular weight excluding hydrogens is 200 g/mol. The standard InChI is InChI=1S/C12H24N4/c1-9(2)6-5-7-10(3)13-8-12-14-11(4)15-16-12/h9-10,13H,5-8H2,1-4H3,(H,14,15,16). The first kappa shape index (κ1) is 13.2. The van der Waals surface area contributed by atoms with Gasteiger partial charge < -0.3 is 5.32 Å². The van der Waals surface area contributed by atoms with Gasteiger partial charge >= 0.3 is 0 Å². The Bertz CT molecular complexity index is 293. The highest BCUT2D eigenvalue weighted by atomic mass is 15.2. The molecule has 0 aromatic carbocycles. The van der Waals surface area contributed by atoms with Crippen LogP contribution in [0.15, 0.2) is 0 Å². The van der Waals surface area contributed by atoms with Crippen LogP contribution in [0.2, 0.25) is 0 Å². The third-order valence-corrected chi connectivity index (χ3v) is 2.67. The summed E-state index contributed by atoms with van der Waals surface area (Å²) in [6, 6.07) is 0.539. The lowest BCUT2D eigenvalue weighted by Gasteiger charge is -2.13. The van der Waals surface area contributed by atoms with Gasteiger partial charge in [-0.25, -0.2) is 4.98 Å². The van der Waals surface area contributed by atoms with E-state index in [-0.39, 0.29) is 0 Å². The molecule has 92 valence electrons. The third kappa shape index (κ3) is 5.26. The molecule has 0 saturated carbocycles. The van der Waals surface area contributed by atoms with Gasteiger partial charge in [-0.3, -0.25) is 5.10 Å². The first-order valence-electron chi connectivity index (χ1n) is 6.19. The highest BCUT2D eigenvalue weighted by Gasteiger charge is 2.04. The zero-order valence-corrected chi connectivity index (χ0v) is 10.9. The van der Waals surface area contributed by atoms with E-state index in [1.165, 1.54) is 19.3 Å². The lowest BCUT2D eigenvalue weighted by atomic mass is 10.0. The lowest BCUT2D eigenvalue weighted by molar-refractivity contribution is 0.453. The van der Waals surface area contributed by atoms with Crippen LogP contribution in [0.5, 0.6) is 0 Å². The number of aromatic nitrogens is 3. The topological polar surface area (TPSA) is 53.6 Å². The van der Waals surface area contributed by atoms with Crippen LogP contribution in [0.4, 0.5) is 0 Å². The molecule has 0 spiro atoms. The molecule has 1 unspecified atom stereocenters. The second-order valence-electron chi connectivity index (χ2n) is 4.94. The fourth-order valence-electron chi connectivity index (χ4n) is 1.67. The van der Waals surface area contributed by atoms with Crippen molar-refractivity contribution in [1.29, 1.82) is 0 Å². The predicted molar refractivity (Wildman–Crippen MR) is 66.1 cm³/mol. The zero-order valence-electron chi connectivity index (χ0n) is 10.9. The van der Waals surface area contributed by atoms with E-state index in [4.69, 9.17) is 0 Å². The van der Waals surface area contributed by atoms with Crippen LogP contribution >= 0.6 is 0 Å². The number of aromatic amines is 1. The van der Waals surface area contributed by atoms with Crippen LogP contribution in [0.3, 0.4) is 0 Å². The predicted octanol–water partition coefficient (Wildman–Crippen LogP) is 2.42. The van der Waals surface area contributed by atoms with Crippen LogP contribution in [0.25, 0.3) is 0 Å². The van der Waals surface area contributed by atoms with E-state index < -0.39 is 0 Å². The summed E-state index contributed by atoms with van der Waals surface area (Å²) < 4.78 is 0. The molecule has 0 aliphatic carbocycles. The number of rotatable bonds is 7. The van der Waals surface area contributed by atoms with Gasteiger partial charge in [0.15, 0.2) is 5.82 Å². The van der Waals surface area contributed by atoms with Crippen LogP contribution in [-0.4, -0.2) is 21.2 Å². The van der Waals surface area contributed by atoms with Gasteiger partial charge in [-0.2, -0.15) is 5.10 Å². The summed E-state index contributed by atoms with van der Waals surface area (Å²) in [5.41, 5.74) is 0. The maximum atomic E-state index is 4.26. The Morgan fingerprint density at radius 1 is 1.25 bits per heavy atom. The second-order valence-corrected chi connectivity index (χ2v) is 4.94. The monoisotopic (exact) mass is 224 g/mol. The molecule has 1 aromatic rings. The van der Waals surface area contributed by atoms with Gasteiger partial charge in [0.1, 0.15) is 5.82 Å². The zero-order chi connectivity index (χ0) is 12.0. The number of hydrogen-bond donors (Lipinski definition) is 2. The minimum atomic E-state index is 0.539. The molecule has 0 bridgehead atoms. The molecule has 0 fully saturated rings. The Balaban J connectivity index is 2.12. The Morgan fingerprint density at radius 3 is 2.56 bits per heavy atom. The highest BCUT2D eigenvalue weighted by molar-refractivity contribution is 4.87. The summed E-state index contributed by atoms with van der Waals surface area (Å²) in [6.07, 6.45) is 3.83. The minimum Gasteiger partial charge on any atom is -0.307 e. The van der Waals surface area contributed by atoms with Crippen molar-refractivity contribution < 1.29 is 0 Å². The summed E-state index contributed by atoms with van der Waals surface area (Å²) in [7, 11) is 0. The molecule has 1 heterocycles. The van der Waals surface area contributed by atoms with E-state index in [1.54, 1.807) is 0 Å². The maximum absolute atomic E-state index is 4.26. The second kappa shape index (κ2) is 6.63. The average molecular weight is 224 g/mol. The molecular formula is C12H24N4. The van der Waals surface area contributed by atoms with Crippen molar-refractivity contribution >= 4 is 0 Å². The molecule has 1 atom stereocenters. The Morgan fingerprint density at radius 2 is 2.00 bits per heavy atom. The van der Waals surface area contributed by atoms with Crippen LogP contribution in [0.1, 0.15) is 51.7 Å². The molecule has 4 heteroatoms. The van der Waals surface area contributed by atoms with Crippen molar-refractivity contribution in [2.75, 3.05) is 0 Å². The first-order chi connectivity index (χ1) is 7.58. The molecule has 4 nitrogen and oxygen atoms in total. The van der Waals surface area contributed by atoms with Crippen molar-refractivity contribution in [3.8, 4) is 0 Å². The van der Waals surface area contributed by atoms with Gasteiger partial charge in [0.05, 0.1) is 6.54 Å². The van der Waals surface area contributed by atoms with E-state index in [9.17, 15) is 0 Å². The molecule has 1 rings (SSSR count). The third-order valence-electron chi connectivity index (χ3n) is 2.67. The molecule has 16 heavy (non-hydrogen) atoms. The quantitative estimate of drug-likeness (QED) is 0.748. The Labute approximate surface area is 98.2 Å². The molecule has 2 N–H and O–H groups in total. The van der Waals surface area contributed by atoms with Crippen molar-refractivity contribution in [2.24, 2.45) is 5.92 Å². The maximum Gasteiger partial charge on any atom is 0.164 e. The average Bonchev–Trinajstić information content (AvgIpc) is 2.61. The lowest BCUT2D eigenvalue weighted by Crippen LogP contribution is -2.26. The van der Waals surface area contributed by atoms with Gasteiger partial charge in [-0.15, -0.1) is 0 Å². The van der Waals surface area contributed by atoms with Gasteiger partial charge in [0.25, 0.3) is 0 Å². The highest BCUT2D eigenvalue weighted by Crippen LogP contribution is 2.08. The molecule has 1 aromatic heterocycles. The van der Waals surface area contributed by atoms with Crippen molar-refractivity contribution in [3.63, 3.8) is 0 Å². The summed E-state index contributed by atoms with van der Waals surface area (Å²) in [5, 5.41) is 10.4. The van der Waals surface area contributed by atoms with Gasteiger partial charge in [0, 0.05) is 6.04 Å². The molecule has 0 aliphatic rings. The van der Waals surface area contributed by atoms with Gasteiger partial charge in [-0.1, -0.05) is 26.7 Å². The van der Waals surface area contributed by atoms with E-state index in [1.807, 2.05) is 6.92 Å². The van der Waals surface area contributed by atoms with E-state index >= 15 is 0 Å². The largest absolute Gasteiger partial charge is 0.307 e. The summed E-state index contributed by atoms with van der Waals surface area (Å²) >= 11 is 0. The van der Waals surface area contributed by atoms with Crippen LogP contribution < -0.4 is 5.32 Å². The van der Waals surface area contributed by atoms with Crippen LogP contribution in [-0.2, 0) is 6.54 Å². The van der Waals surface area contributed by atoms with E-state index in [0.29, 0.717) is 6.04 Å². The normalized spacial score (nSPS) is 13.3. The van der Waals surface area contributed by atoms with Crippen molar-refractivity contribution in [3.05, 3.63) is 11.6 Å². The first-order valence-corrected chi connectivity index (χ1v) is 6.19. The fraction of sp³-hybridized carbons (Fsp3) is 0.833. The number of aryl methyl sites for hydroxylation is 1. The van der Waals surface area contributed by atoms with Gasteiger partial charge in [-0.05, 0) is 26.2 Å². The summed E-state index contributed by atoms with van der Waals surface area (Å²) in [5.74, 6) is 2.54. The van der Waals surface area contributed by atoms with Gasteiger partial charge in [0.2, 0.25) is 0 Å². The Kier molecular flexibility index (Phi) is 5.46. The van der Waals surface area contributed by atoms with E-state index in [2.05, 4.69) is 41.3 Å². The van der Waals surface area contributed by atoms with Crippen molar-refractivity contribution in [1.82, 2.24) is 20.5 Å².